The van der Waals surface area contributed by atoms with Gasteiger partial charge in [0.25, 0.3) is 5.91 Å². The van der Waals surface area contributed by atoms with Gasteiger partial charge in [0.1, 0.15) is 5.92 Å². The van der Waals surface area contributed by atoms with E-state index in [1.165, 1.54) is 0 Å². The molecule has 172 valence electrons. The van der Waals surface area contributed by atoms with E-state index >= 15 is 0 Å². The maximum Gasteiger partial charge on any atom is 0.337 e. The average molecular weight is 437 g/mol. The summed E-state index contributed by atoms with van der Waals surface area (Å²) in [6, 6.07) is 0. The monoisotopic (exact) mass is 436 g/mol. The number of nitrogens with one attached hydrogen (secondary N) is 1. The SMILES string of the molecule is CCOC(=O)C1=C(C)NC(C)=C(C(=O)OCC)C1C(=O)OCC(=O)N1CCCC(C)C1. The molecule has 0 aromatic heterocycles. The van der Waals surface area contributed by atoms with Crippen LogP contribution in [-0.4, -0.2) is 61.6 Å². The molecular weight excluding hydrogens is 404 g/mol. The number of allylic oxidation sites excluding steroid dienone is 2. The number of hydrogen-bond donors (Lipinski definition) is 1. The van der Waals surface area contributed by atoms with E-state index in [4.69, 9.17) is 14.2 Å². The summed E-state index contributed by atoms with van der Waals surface area (Å²) in [4.78, 5) is 52.5. The molecule has 1 saturated heterocycles. The number of likely N-dealkylation sites (tertiary alicyclic amines) is 1. The fourth-order valence-electron chi connectivity index (χ4n) is 3.91. The topological polar surface area (TPSA) is 111 Å². The van der Waals surface area contributed by atoms with Crippen LogP contribution in [0.1, 0.15) is 47.5 Å². The molecule has 0 radical (unpaired) electrons. The molecule has 1 N–H and O–H groups in total. The van der Waals surface area contributed by atoms with Crippen molar-refractivity contribution in [3.05, 3.63) is 22.5 Å². The standard InChI is InChI=1S/C22H32N2O7/c1-6-29-20(26)17-14(4)23-15(5)18(21(27)30-7-2)19(17)22(28)31-12-16(25)24-10-8-9-13(3)11-24/h13,19,23H,6-12H2,1-5H3. The Balaban J connectivity index is 2.26. The molecule has 1 atom stereocenters. The first kappa shape index (κ1) is 24.4. The van der Waals surface area contributed by atoms with Crippen LogP contribution in [0.5, 0.6) is 0 Å². The normalized spacial score (nSPS) is 19.6. The molecule has 9 heteroatoms. The van der Waals surface area contributed by atoms with Crippen LogP contribution in [0.2, 0.25) is 0 Å². The molecule has 1 unspecified atom stereocenters. The van der Waals surface area contributed by atoms with Gasteiger partial charge in [-0.25, -0.2) is 9.59 Å². The number of ether oxygens (including phenoxy) is 3. The van der Waals surface area contributed by atoms with Gasteiger partial charge in [0.05, 0.1) is 24.4 Å². The van der Waals surface area contributed by atoms with Gasteiger partial charge >= 0.3 is 17.9 Å². The molecule has 2 aliphatic heterocycles. The van der Waals surface area contributed by atoms with Crippen LogP contribution in [0.3, 0.4) is 0 Å². The van der Waals surface area contributed by atoms with Crippen LogP contribution in [0.15, 0.2) is 22.5 Å². The Labute approximate surface area is 182 Å². The minimum absolute atomic E-state index is 0.0282. The molecule has 0 aromatic carbocycles. The van der Waals surface area contributed by atoms with Crippen molar-refractivity contribution in [1.29, 1.82) is 0 Å². The largest absolute Gasteiger partial charge is 0.463 e. The average Bonchev–Trinajstić information content (AvgIpc) is 2.71. The van der Waals surface area contributed by atoms with Crippen molar-refractivity contribution in [3.8, 4) is 0 Å². The Kier molecular flexibility index (Phi) is 8.65. The van der Waals surface area contributed by atoms with Crippen molar-refractivity contribution < 1.29 is 33.4 Å². The Morgan fingerprint density at radius 1 is 0.968 bits per heavy atom. The third-order valence-electron chi connectivity index (χ3n) is 5.33. The highest BCUT2D eigenvalue weighted by Gasteiger charge is 2.42. The second kappa shape index (κ2) is 11.0. The van der Waals surface area contributed by atoms with Crippen molar-refractivity contribution in [2.45, 2.75) is 47.5 Å². The van der Waals surface area contributed by atoms with Gasteiger partial charge in [-0.15, -0.1) is 0 Å². The molecule has 9 nitrogen and oxygen atoms in total. The molecule has 2 rings (SSSR count). The number of hydrogen-bond acceptors (Lipinski definition) is 8. The zero-order valence-corrected chi connectivity index (χ0v) is 18.9. The van der Waals surface area contributed by atoms with E-state index in [-0.39, 0.29) is 30.3 Å². The third-order valence-corrected chi connectivity index (χ3v) is 5.33. The first-order valence-electron chi connectivity index (χ1n) is 10.7. The van der Waals surface area contributed by atoms with Gasteiger partial charge in [0.2, 0.25) is 0 Å². The first-order valence-corrected chi connectivity index (χ1v) is 10.7. The molecule has 0 aromatic rings. The van der Waals surface area contributed by atoms with Gasteiger partial charge in [-0.2, -0.15) is 0 Å². The lowest BCUT2D eigenvalue weighted by Crippen LogP contribution is -2.43. The van der Waals surface area contributed by atoms with Crippen LogP contribution in [0.4, 0.5) is 0 Å². The molecular formula is C22H32N2O7. The van der Waals surface area contributed by atoms with E-state index in [0.29, 0.717) is 30.4 Å². The van der Waals surface area contributed by atoms with Crippen molar-refractivity contribution in [1.82, 2.24) is 10.2 Å². The number of amides is 1. The summed E-state index contributed by atoms with van der Waals surface area (Å²) in [6.45, 7) is 9.54. The quantitative estimate of drug-likeness (QED) is 0.474. The molecule has 0 bridgehead atoms. The Bertz CT molecular complexity index is 760. The minimum atomic E-state index is -1.34. The highest BCUT2D eigenvalue weighted by molar-refractivity contribution is 6.05. The zero-order chi connectivity index (χ0) is 23.1. The van der Waals surface area contributed by atoms with Gasteiger partial charge in [-0.3, -0.25) is 9.59 Å². The van der Waals surface area contributed by atoms with Crippen LogP contribution >= 0.6 is 0 Å². The van der Waals surface area contributed by atoms with Crippen molar-refractivity contribution in [2.75, 3.05) is 32.9 Å². The summed E-state index contributed by atoms with van der Waals surface area (Å²) in [7, 11) is 0. The lowest BCUT2D eigenvalue weighted by Gasteiger charge is -2.31. The summed E-state index contributed by atoms with van der Waals surface area (Å²) in [6.07, 6.45) is 1.96. The molecule has 2 heterocycles. The second-order valence-electron chi connectivity index (χ2n) is 7.77. The number of carbonyl (C=O) groups excluding carboxylic acids is 4. The predicted molar refractivity (Wildman–Crippen MR) is 111 cm³/mol. The van der Waals surface area contributed by atoms with E-state index in [9.17, 15) is 19.2 Å². The van der Waals surface area contributed by atoms with Gasteiger partial charge in [0, 0.05) is 24.5 Å². The van der Waals surface area contributed by atoms with Gasteiger partial charge in [-0.05, 0) is 46.5 Å². The van der Waals surface area contributed by atoms with Crippen molar-refractivity contribution in [2.24, 2.45) is 11.8 Å². The number of carbonyl (C=O) groups is 4. The first-order chi connectivity index (χ1) is 14.7. The lowest BCUT2D eigenvalue weighted by molar-refractivity contribution is -0.156. The fourth-order valence-corrected chi connectivity index (χ4v) is 3.91. The fraction of sp³-hybridized carbons (Fsp3) is 0.636. The van der Waals surface area contributed by atoms with E-state index in [1.54, 1.807) is 32.6 Å². The minimum Gasteiger partial charge on any atom is -0.463 e. The van der Waals surface area contributed by atoms with E-state index in [1.807, 2.05) is 0 Å². The van der Waals surface area contributed by atoms with E-state index < -0.39 is 30.4 Å². The zero-order valence-electron chi connectivity index (χ0n) is 18.9. The third kappa shape index (κ3) is 5.86. The van der Waals surface area contributed by atoms with Crippen LogP contribution in [0.25, 0.3) is 0 Å². The van der Waals surface area contributed by atoms with E-state index in [2.05, 4.69) is 12.2 Å². The second-order valence-corrected chi connectivity index (χ2v) is 7.77. The molecule has 1 fully saturated rings. The number of rotatable bonds is 7. The summed E-state index contributed by atoms with van der Waals surface area (Å²) in [5, 5.41) is 2.94. The number of dihydropyridines is 1. The number of esters is 3. The highest BCUT2D eigenvalue weighted by Crippen LogP contribution is 2.32. The summed E-state index contributed by atoms with van der Waals surface area (Å²) >= 11 is 0. The lowest BCUT2D eigenvalue weighted by atomic mass is 9.85. The summed E-state index contributed by atoms with van der Waals surface area (Å²) in [5.74, 6) is -3.59. The smallest absolute Gasteiger partial charge is 0.337 e. The Morgan fingerprint density at radius 3 is 2.00 bits per heavy atom. The summed E-state index contributed by atoms with van der Waals surface area (Å²) in [5.41, 5.74) is 0.698. The molecule has 2 aliphatic rings. The molecule has 31 heavy (non-hydrogen) atoms. The van der Waals surface area contributed by atoms with Crippen LogP contribution in [-0.2, 0) is 33.4 Å². The highest BCUT2D eigenvalue weighted by atomic mass is 16.5. The van der Waals surface area contributed by atoms with Gasteiger partial charge in [0.15, 0.2) is 6.61 Å². The Hall–Kier alpha value is -2.84. The van der Waals surface area contributed by atoms with Gasteiger partial charge in [-0.1, -0.05) is 6.92 Å². The summed E-state index contributed by atoms with van der Waals surface area (Å²) < 4.78 is 15.5. The van der Waals surface area contributed by atoms with Gasteiger partial charge < -0.3 is 24.4 Å². The van der Waals surface area contributed by atoms with Crippen LogP contribution in [0, 0.1) is 11.8 Å². The van der Waals surface area contributed by atoms with Crippen molar-refractivity contribution in [3.63, 3.8) is 0 Å². The number of piperidine rings is 1. The maximum atomic E-state index is 13.1. The van der Waals surface area contributed by atoms with Crippen molar-refractivity contribution >= 4 is 23.8 Å². The Morgan fingerprint density at radius 2 is 1.52 bits per heavy atom. The molecule has 0 aliphatic carbocycles. The molecule has 1 amide bonds. The molecule has 0 spiro atoms. The van der Waals surface area contributed by atoms with E-state index in [0.717, 1.165) is 12.8 Å². The number of nitrogens with zero attached hydrogens (tertiary/aromatic N) is 1. The van der Waals surface area contributed by atoms with Crippen LogP contribution < -0.4 is 5.32 Å². The maximum absolute atomic E-state index is 13.1. The predicted octanol–water partition coefficient (Wildman–Crippen LogP) is 1.68. The molecule has 0 saturated carbocycles.